The van der Waals surface area contributed by atoms with Gasteiger partial charge in [-0.15, -0.1) is 10.1 Å². The van der Waals surface area contributed by atoms with Crippen molar-refractivity contribution in [2.45, 2.75) is 0 Å². The summed E-state index contributed by atoms with van der Waals surface area (Å²) in [5.74, 6) is 0. The summed E-state index contributed by atoms with van der Waals surface area (Å²) in [6.07, 6.45) is 0. The lowest BCUT2D eigenvalue weighted by Gasteiger charge is -1.56. The first-order valence-electron chi connectivity index (χ1n) is 0.565. The van der Waals surface area contributed by atoms with Crippen molar-refractivity contribution in [2.75, 3.05) is 0 Å². The number of nitrogens with zero attached hydrogens (tertiary/aromatic N) is 1. The molecule has 32 valence electrons. The average Bonchev–Trinajstić information content (AvgIpc) is 0.811. The van der Waals surface area contributed by atoms with Crippen molar-refractivity contribution in [1.29, 1.82) is 0 Å². The van der Waals surface area contributed by atoms with Gasteiger partial charge in [-0.1, -0.05) is 0 Å². The van der Waals surface area contributed by atoms with Crippen LogP contribution >= 0.6 is 9.90 Å². The summed E-state index contributed by atoms with van der Waals surface area (Å²) in [6.45, 7) is 0. The van der Waals surface area contributed by atoms with Gasteiger partial charge in [0, 0.05) is 0 Å². The van der Waals surface area contributed by atoms with Crippen molar-refractivity contribution >= 4 is 9.90 Å². The fourth-order valence-electron chi connectivity index (χ4n) is 0. The van der Waals surface area contributed by atoms with Crippen LogP contribution in [0.4, 0.5) is 0 Å². The van der Waals surface area contributed by atoms with Gasteiger partial charge in [-0.05, 0) is 0 Å². The topological polar surface area (TPSA) is 63.4 Å². The molecule has 1 unspecified atom stereocenters. The molecular weight excluding hydrogens is 93.0 g/mol. The molecule has 0 heterocycles. The van der Waals surface area contributed by atoms with Crippen molar-refractivity contribution in [2.24, 2.45) is 0 Å². The SMILES string of the molecule is O=[N+]([O-])O.P. The van der Waals surface area contributed by atoms with Gasteiger partial charge in [0.15, 0.2) is 0 Å². The van der Waals surface area contributed by atoms with E-state index in [0.717, 1.165) is 0 Å². The first-order chi connectivity index (χ1) is 1.73. The highest BCUT2D eigenvalue weighted by atomic mass is 31.0. The molecule has 0 fully saturated rings. The predicted molar refractivity (Wildman–Crippen MR) is 19.9 cm³/mol. The Balaban J connectivity index is 0. The Kier molecular flexibility index (Phi) is 6.40. The lowest BCUT2D eigenvalue weighted by molar-refractivity contribution is -0.742. The summed E-state index contributed by atoms with van der Waals surface area (Å²) in [4.78, 5) is 8.36. The van der Waals surface area contributed by atoms with Gasteiger partial charge in [-0.2, -0.15) is 9.90 Å². The summed E-state index contributed by atoms with van der Waals surface area (Å²) in [5, 5.41) is 13.6. The third-order valence-electron chi connectivity index (χ3n) is 0. The molecule has 0 saturated carbocycles. The molecule has 5 heteroatoms. The largest absolute Gasteiger partial charge is 0.328 e. The zero-order valence-electron chi connectivity index (χ0n) is 2.42. The van der Waals surface area contributed by atoms with Crippen molar-refractivity contribution in [1.82, 2.24) is 0 Å². The van der Waals surface area contributed by atoms with E-state index in [1.807, 2.05) is 0 Å². The molecule has 1 atom stereocenters. The molecule has 1 N–H and O–H groups in total. The zero-order chi connectivity index (χ0) is 3.58. The first kappa shape index (κ1) is 8.82. The van der Waals surface area contributed by atoms with Crippen molar-refractivity contribution < 1.29 is 10.3 Å². The Morgan fingerprint density at radius 1 is 1.80 bits per heavy atom. The summed E-state index contributed by atoms with van der Waals surface area (Å²) in [6, 6.07) is 0. The van der Waals surface area contributed by atoms with Crippen LogP contribution in [0, 0.1) is 10.1 Å². The van der Waals surface area contributed by atoms with Crippen LogP contribution in [0.2, 0.25) is 0 Å². The van der Waals surface area contributed by atoms with Gasteiger partial charge in [0.1, 0.15) is 0 Å². The highest BCUT2D eigenvalue weighted by Crippen LogP contribution is 1.38. The highest BCUT2D eigenvalue weighted by molar-refractivity contribution is 6.92. The van der Waals surface area contributed by atoms with Gasteiger partial charge in [-0.3, -0.25) is 0 Å². The third-order valence-corrected chi connectivity index (χ3v) is 0. The Hall–Kier alpha value is -0.370. The van der Waals surface area contributed by atoms with Crippen LogP contribution in [-0.4, -0.2) is 10.3 Å². The lowest BCUT2D eigenvalue weighted by atomic mass is 13.1. The van der Waals surface area contributed by atoms with Crippen LogP contribution < -0.4 is 0 Å². The second-order valence-corrected chi connectivity index (χ2v) is 0.238. The molecule has 0 aromatic carbocycles. The molecule has 0 aromatic rings. The molecule has 0 aliphatic heterocycles. The van der Waals surface area contributed by atoms with Crippen LogP contribution in [0.3, 0.4) is 0 Å². The number of hydrogen-bond acceptors (Lipinski definition) is 2. The fraction of sp³-hybridized carbons (Fsp3) is 0. The minimum atomic E-state index is -1.50. The lowest BCUT2D eigenvalue weighted by Crippen LogP contribution is -1.81. The normalized spacial score (nSPS) is 4.80. The fourth-order valence-corrected chi connectivity index (χ4v) is 0. The second-order valence-electron chi connectivity index (χ2n) is 0.238. The van der Waals surface area contributed by atoms with E-state index < -0.39 is 5.09 Å². The molecule has 0 aliphatic carbocycles. The number of hydrogen-bond donors (Lipinski definition) is 1. The minimum Gasteiger partial charge on any atom is -0.328 e. The quantitative estimate of drug-likeness (QED) is 0.256. The van der Waals surface area contributed by atoms with E-state index in [-0.39, 0.29) is 9.90 Å². The van der Waals surface area contributed by atoms with E-state index in [2.05, 4.69) is 0 Å². The van der Waals surface area contributed by atoms with Gasteiger partial charge in [-0.25, -0.2) is 0 Å². The standard InChI is InChI=1S/HNO3.H3P/c2-1(3)4;/h(H,2,3,4);1H3. The molecule has 0 aliphatic rings. The molecular formula is H4NO3P. The molecule has 0 aromatic heterocycles. The maximum Gasteiger partial charge on any atom is 0.291 e. The second kappa shape index (κ2) is 3.63. The van der Waals surface area contributed by atoms with E-state index in [9.17, 15) is 0 Å². The van der Waals surface area contributed by atoms with Crippen molar-refractivity contribution in [3.8, 4) is 0 Å². The average molecular weight is 97.0 g/mol. The molecule has 0 bridgehead atoms. The zero-order valence-corrected chi connectivity index (χ0v) is 3.83. The molecule has 0 rings (SSSR count). The van der Waals surface area contributed by atoms with E-state index in [0.29, 0.717) is 0 Å². The van der Waals surface area contributed by atoms with Crippen LogP contribution in [0.25, 0.3) is 0 Å². The Labute approximate surface area is 31.5 Å². The van der Waals surface area contributed by atoms with Crippen LogP contribution in [0.5, 0.6) is 0 Å². The minimum absolute atomic E-state index is 0. The Morgan fingerprint density at radius 2 is 1.80 bits per heavy atom. The van der Waals surface area contributed by atoms with Crippen LogP contribution in [-0.2, 0) is 0 Å². The summed E-state index contributed by atoms with van der Waals surface area (Å²) < 4.78 is 0. The van der Waals surface area contributed by atoms with Crippen molar-refractivity contribution in [3.63, 3.8) is 0 Å². The third kappa shape index (κ3) is 70.4. The molecule has 4 nitrogen and oxygen atoms in total. The van der Waals surface area contributed by atoms with E-state index in [1.165, 1.54) is 0 Å². The van der Waals surface area contributed by atoms with Gasteiger partial charge < -0.3 is 5.21 Å². The number of rotatable bonds is 0. The molecule has 5 heavy (non-hydrogen) atoms. The van der Waals surface area contributed by atoms with E-state index >= 15 is 0 Å². The predicted octanol–water partition coefficient (Wildman–Crippen LogP) is -0.290. The van der Waals surface area contributed by atoms with Gasteiger partial charge in [0.2, 0.25) is 0 Å². The van der Waals surface area contributed by atoms with E-state index in [1.54, 1.807) is 0 Å². The van der Waals surface area contributed by atoms with Crippen LogP contribution in [0.15, 0.2) is 0 Å². The Morgan fingerprint density at radius 3 is 1.80 bits per heavy atom. The first-order valence-corrected chi connectivity index (χ1v) is 0.565. The summed E-state index contributed by atoms with van der Waals surface area (Å²) in [7, 11) is 0. The smallest absolute Gasteiger partial charge is 0.291 e. The molecule has 0 amide bonds. The molecule has 0 spiro atoms. The van der Waals surface area contributed by atoms with Gasteiger partial charge in [0.25, 0.3) is 5.09 Å². The highest BCUT2D eigenvalue weighted by Gasteiger charge is 1.65. The molecule has 0 saturated heterocycles. The molecule has 0 radical (unpaired) electrons. The summed E-state index contributed by atoms with van der Waals surface area (Å²) >= 11 is 0. The monoisotopic (exact) mass is 97.0 g/mol. The van der Waals surface area contributed by atoms with Crippen LogP contribution in [0.1, 0.15) is 0 Å². The summed E-state index contributed by atoms with van der Waals surface area (Å²) in [5.41, 5.74) is 0. The van der Waals surface area contributed by atoms with Crippen molar-refractivity contribution in [3.05, 3.63) is 10.1 Å². The van der Waals surface area contributed by atoms with E-state index in [4.69, 9.17) is 15.3 Å². The maximum atomic E-state index is 8.36. The Bertz CT molecular complexity index is 29.9. The van der Waals surface area contributed by atoms with Gasteiger partial charge >= 0.3 is 0 Å². The van der Waals surface area contributed by atoms with Gasteiger partial charge in [0.05, 0.1) is 0 Å². The maximum absolute atomic E-state index is 8.36.